The van der Waals surface area contributed by atoms with Crippen molar-refractivity contribution in [2.24, 2.45) is 5.73 Å². The Hall–Kier alpha value is -0.690. The number of carboxylic acids is 1. The third-order valence-corrected chi connectivity index (χ3v) is 1.44. The zero-order chi connectivity index (χ0) is 9.72. The van der Waals surface area contributed by atoms with E-state index in [0.717, 1.165) is 0 Å². The standard InChI is InChI=1S/C6H13NO5/c7-3(6(11)12)1-4(9)5(10)2-8/h3-5,8-10H,1-2,7H2,(H,11,12). The molecular weight excluding hydrogens is 166 g/mol. The molecule has 0 aliphatic heterocycles. The van der Waals surface area contributed by atoms with E-state index in [4.69, 9.17) is 26.2 Å². The average Bonchev–Trinajstić information content (AvgIpc) is 2.02. The van der Waals surface area contributed by atoms with E-state index in [2.05, 4.69) is 0 Å². The van der Waals surface area contributed by atoms with Crippen LogP contribution in [0.3, 0.4) is 0 Å². The number of carboxylic acid groups (broad SMARTS) is 1. The van der Waals surface area contributed by atoms with Crippen molar-refractivity contribution in [3.8, 4) is 0 Å². The number of carbonyl (C=O) groups is 1. The Kier molecular flexibility index (Phi) is 4.75. The first-order valence-electron chi connectivity index (χ1n) is 3.44. The third kappa shape index (κ3) is 3.63. The van der Waals surface area contributed by atoms with Crippen LogP contribution in [0.2, 0.25) is 0 Å². The summed E-state index contributed by atoms with van der Waals surface area (Å²) in [6.45, 7) is -0.618. The lowest BCUT2D eigenvalue weighted by Crippen LogP contribution is -2.39. The molecule has 0 saturated carbocycles. The molecule has 0 fully saturated rings. The van der Waals surface area contributed by atoms with Gasteiger partial charge in [-0.15, -0.1) is 0 Å². The van der Waals surface area contributed by atoms with Gasteiger partial charge < -0.3 is 26.2 Å². The second-order valence-corrected chi connectivity index (χ2v) is 2.50. The second kappa shape index (κ2) is 5.04. The molecule has 0 aromatic carbocycles. The topological polar surface area (TPSA) is 124 Å². The predicted molar refractivity (Wildman–Crippen MR) is 39.3 cm³/mol. The SMILES string of the molecule is NC(CC(O)C(O)CO)C(=O)O. The van der Waals surface area contributed by atoms with Crippen molar-refractivity contribution in [1.29, 1.82) is 0 Å². The summed E-state index contributed by atoms with van der Waals surface area (Å²) in [5, 5.41) is 34.5. The molecule has 0 bridgehead atoms. The van der Waals surface area contributed by atoms with Crippen molar-refractivity contribution in [2.75, 3.05) is 6.61 Å². The van der Waals surface area contributed by atoms with Crippen LogP contribution in [0, 0.1) is 0 Å². The molecule has 0 amide bonds. The molecule has 12 heavy (non-hydrogen) atoms. The van der Waals surface area contributed by atoms with Gasteiger partial charge in [0.2, 0.25) is 0 Å². The molecule has 0 spiro atoms. The molecule has 72 valence electrons. The highest BCUT2D eigenvalue weighted by molar-refractivity contribution is 5.73. The molecule has 0 aromatic rings. The number of nitrogens with two attached hydrogens (primary N) is 1. The maximum absolute atomic E-state index is 10.2. The van der Waals surface area contributed by atoms with Gasteiger partial charge in [0.15, 0.2) is 0 Å². The minimum absolute atomic E-state index is 0.281. The van der Waals surface area contributed by atoms with E-state index in [9.17, 15) is 4.79 Å². The number of hydrogen-bond donors (Lipinski definition) is 5. The van der Waals surface area contributed by atoms with Crippen LogP contribution in [-0.2, 0) is 4.79 Å². The van der Waals surface area contributed by atoms with Crippen LogP contribution >= 0.6 is 0 Å². The van der Waals surface area contributed by atoms with E-state index in [0.29, 0.717) is 0 Å². The largest absolute Gasteiger partial charge is 0.480 e. The van der Waals surface area contributed by atoms with Gasteiger partial charge >= 0.3 is 5.97 Å². The second-order valence-electron chi connectivity index (χ2n) is 2.50. The van der Waals surface area contributed by atoms with Crippen LogP contribution in [0.15, 0.2) is 0 Å². The molecule has 6 N–H and O–H groups in total. The molecule has 0 aliphatic carbocycles. The minimum Gasteiger partial charge on any atom is -0.480 e. The molecule has 3 unspecified atom stereocenters. The Morgan fingerprint density at radius 2 is 1.83 bits per heavy atom. The molecule has 0 radical (unpaired) electrons. The third-order valence-electron chi connectivity index (χ3n) is 1.44. The quantitative estimate of drug-likeness (QED) is 0.318. The first kappa shape index (κ1) is 11.3. The maximum atomic E-state index is 10.2. The number of aliphatic hydroxyl groups excluding tert-OH is 3. The summed E-state index contributed by atoms with van der Waals surface area (Å²) >= 11 is 0. The molecule has 3 atom stereocenters. The van der Waals surface area contributed by atoms with Crippen molar-refractivity contribution >= 4 is 5.97 Å². The van der Waals surface area contributed by atoms with Gasteiger partial charge in [-0.1, -0.05) is 0 Å². The first-order chi connectivity index (χ1) is 5.49. The molecule has 6 heteroatoms. The van der Waals surface area contributed by atoms with Crippen molar-refractivity contribution in [1.82, 2.24) is 0 Å². The molecule has 0 aliphatic rings. The monoisotopic (exact) mass is 179 g/mol. The lowest BCUT2D eigenvalue weighted by Gasteiger charge is -2.16. The van der Waals surface area contributed by atoms with Crippen LogP contribution in [0.5, 0.6) is 0 Å². The van der Waals surface area contributed by atoms with E-state index in [1.54, 1.807) is 0 Å². The summed E-state index contributed by atoms with van der Waals surface area (Å²) in [6.07, 6.45) is -2.92. The summed E-state index contributed by atoms with van der Waals surface area (Å²) in [5.41, 5.74) is 5.06. The van der Waals surface area contributed by atoms with Crippen molar-refractivity contribution in [2.45, 2.75) is 24.7 Å². The van der Waals surface area contributed by atoms with Gasteiger partial charge in [-0.25, -0.2) is 0 Å². The van der Waals surface area contributed by atoms with Crippen LogP contribution in [0.4, 0.5) is 0 Å². The van der Waals surface area contributed by atoms with Crippen LogP contribution in [0.1, 0.15) is 6.42 Å². The first-order valence-corrected chi connectivity index (χ1v) is 3.44. The zero-order valence-electron chi connectivity index (χ0n) is 6.42. The fourth-order valence-corrected chi connectivity index (χ4v) is 0.640. The number of hydrogen-bond acceptors (Lipinski definition) is 5. The van der Waals surface area contributed by atoms with Gasteiger partial charge in [0.05, 0.1) is 12.7 Å². The Morgan fingerprint density at radius 3 is 2.17 bits per heavy atom. The van der Waals surface area contributed by atoms with Crippen LogP contribution < -0.4 is 5.73 Å². The normalized spacial score (nSPS) is 18.3. The summed E-state index contributed by atoms with van der Waals surface area (Å²) in [5.74, 6) is -1.25. The van der Waals surface area contributed by atoms with E-state index in [-0.39, 0.29) is 6.42 Å². The summed E-state index contributed by atoms with van der Waals surface area (Å²) in [7, 11) is 0. The van der Waals surface area contributed by atoms with E-state index in [1.165, 1.54) is 0 Å². The Labute approximate surface area is 69.2 Å². The molecule has 0 aromatic heterocycles. The summed E-state index contributed by atoms with van der Waals surface area (Å²) in [4.78, 5) is 10.2. The molecule has 0 heterocycles. The van der Waals surface area contributed by atoms with E-state index in [1.807, 2.05) is 0 Å². The van der Waals surface area contributed by atoms with Gasteiger partial charge in [0.25, 0.3) is 0 Å². The highest BCUT2D eigenvalue weighted by Gasteiger charge is 2.21. The summed E-state index contributed by atoms with van der Waals surface area (Å²) in [6, 6.07) is -1.22. The van der Waals surface area contributed by atoms with Gasteiger partial charge in [0.1, 0.15) is 12.1 Å². The fraction of sp³-hybridized carbons (Fsp3) is 0.833. The summed E-state index contributed by atoms with van der Waals surface area (Å²) < 4.78 is 0. The lowest BCUT2D eigenvalue weighted by atomic mass is 10.1. The van der Waals surface area contributed by atoms with Gasteiger partial charge in [-0.2, -0.15) is 0 Å². The maximum Gasteiger partial charge on any atom is 0.320 e. The Bertz CT molecular complexity index is 151. The highest BCUT2D eigenvalue weighted by atomic mass is 16.4. The minimum atomic E-state index is -1.34. The van der Waals surface area contributed by atoms with Crippen molar-refractivity contribution in [3.63, 3.8) is 0 Å². The predicted octanol–water partition coefficient (Wildman–Crippen LogP) is -2.50. The molecule has 0 saturated heterocycles. The van der Waals surface area contributed by atoms with Crippen molar-refractivity contribution in [3.05, 3.63) is 0 Å². The molecule has 0 rings (SSSR count). The Balaban J connectivity index is 3.83. The van der Waals surface area contributed by atoms with Crippen LogP contribution in [0.25, 0.3) is 0 Å². The average molecular weight is 179 g/mol. The number of aliphatic carboxylic acids is 1. The van der Waals surface area contributed by atoms with E-state index < -0.39 is 30.8 Å². The smallest absolute Gasteiger partial charge is 0.320 e. The van der Waals surface area contributed by atoms with Gasteiger partial charge in [-0.05, 0) is 0 Å². The van der Waals surface area contributed by atoms with E-state index >= 15 is 0 Å². The van der Waals surface area contributed by atoms with Crippen LogP contribution in [-0.4, -0.2) is 51.3 Å². The lowest BCUT2D eigenvalue weighted by molar-refractivity contribution is -0.140. The molecular formula is C6H13NO5. The van der Waals surface area contributed by atoms with Gasteiger partial charge in [0, 0.05) is 6.42 Å². The highest BCUT2D eigenvalue weighted by Crippen LogP contribution is 2.01. The zero-order valence-corrected chi connectivity index (χ0v) is 6.42. The van der Waals surface area contributed by atoms with Crippen molar-refractivity contribution < 1.29 is 25.2 Å². The fourth-order valence-electron chi connectivity index (χ4n) is 0.640. The molecule has 6 nitrogen and oxygen atoms in total. The Morgan fingerprint density at radius 1 is 1.33 bits per heavy atom. The van der Waals surface area contributed by atoms with Gasteiger partial charge in [-0.3, -0.25) is 4.79 Å². The number of aliphatic hydroxyl groups is 3. The number of rotatable bonds is 5.